The Hall–Kier alpha value is -1.56. The zero-order valence-electron chi connectivity index (χ0n) is 10.8. The Morgan fingerprint density at radius 2 is 2.39 bits per heavy atom. The number of amides is 1. The molecule has 4 N–H and O–H groups in total. The first-order valence-corrected chi connectivity index (χ1v) is 6.16. The SMILES string of the molecule is CC1(C)C[C@@H](O)CCN(C(=O)c2cc(N)n[nH]2)C1. The molecule has 1 aromatic rings. The number of aromatic amines is 1. The van der Waals surface area contributed by atoms with Crippen molar-refractivity contribution < 1.29 is 9.90 Å². The van der Waals surface area contributed by atoms with E-state index in [9.17, 15) is 9.90 Å². The number of rotatable bonds is 1. The molecule has 2 heterocycles. The quantitative estimate of drug-likeness (QED) is 0.682. The maximum atomic E-state index is 12.3. The minimum absolute atomic E-state index is 0.0862. The van der Waals surface area contributed by atoms with Gasteiger partial charge in [0, 0.05) is 19.2 Å². The largest absolute Gasteiger partial charge is 0.393 e. The number of likely N-dealkylation sites (tertiary alicyclic amines) is 1. The third-order valence-corrected chi connectivity index (χ3v) is 3.25. The molecule has 0 aliphatic carbocycles. The first kappa shape index (κ1) is 12.9. The van der Waals surface area contributed by atoms with Gasteiger partial charge in [-0.05, 0) is 18.3 Å². The second-order valence-electron chi connectivity index (χ2n) is 5.74. The van der Waals surface area contributed by atoms with E-state index < -0.39 is 0 Å². The number of anilines is 1. The lowest BCUT2D eigenvalue weighted by atomic mass is 9.87. The smallest absolute Gasteiger partial charge is 0.271 e. The molecule has 0 bridgehead atoms. The summed E-state index contributed by atoms with van der Waals surface area (Å²) in [5.74, 6) is 0.203. The second kappa shape index (κ2) is 4.61. The molecule has 2 rings (SSSR count). The highest BCUT2D eigenvalue weighted by atomic mass is 16.3. The van der Waals surface area contributed by atoms with Crippen LogP contribution < -0.4 is 5.73 Å². The molecule has 6 nitrogen and oxygen atoms in total. The summed E-state index contributed by atoms with van der Waals surface area (Å²) in [7, 11) is 0. The molecule has 1 fully saturated rings. The number of H-pyrrole nitrogens is 1. The summed E-state index contributed by atoms with van der Waals surface area (Å²) in [6.45, 7) is 5.30. The van der Waals surface area contributed by atoms with Gasteiger partial charge in [-0.25, -0.2) is 0 Å². The predicted octanol–water partition coefficient (Wildman–Crippen LogP) is 0.615. The van der Waals surface area contributed by atoms with Crippen LogP contribution in [-0.2, 0) is 0 Å². The maximum Gasteiger partial charge on any atom is 0.271 e. The molecule has 0 unspecified atom stereocenters. The molecule has 1 aliphatic rings. The molecular weight excluding hydrogens is 232 g/mol. The fourth-order valence-electron chi connectivity index (χ4n) is 2.50. The Morgan fingerprint density at radius 1 is 1.67 bits per heavy atom. The second-order valence-corrected chi connectivity index (χ2v) is 5.74. The highest BCUT2D eigenvalue weighted by Gasteiger charge is 2.32. The van der Waals surface area contributed by atoms with E-state index in [1.54, 1.807) is 4.90 Å². The number of carbonyl (C=O) groups is 1. The number of carbonyl (C=O) groups excluding carboxylic acids is 1. The molecule has 1 aliphatic heterocycles. The number of nitrogens with one attached hydrogen (secondary N) is 1. The molecule has 1 aromatic heterocycles. The van der Waals surface area contributed by atoms with Gasteiger partial charge in [0.05, 0.1) is 6.10 Å². The number of nitrogens with zero attached hydrogens (tertiary/aromatic N) is 2. The van der Waals surface area contributed by atoms with E-state index in [0.29, 0.717) is 37.4 Å². The van der Waals surface area contributed by atoms with Crippen molar-refractivity contribution in [3.63, 3.8) is 0 Å². The molecule has 0 saturated carbocycles. The Labute approximate surface area is 106 Å². The van der Waals surface area contributed by atoms with Gasteiger partial charge in [0.1, 0.15) is 11.5 Å². The van der Waals surface area contributed by atoms with Crippen LogP contribution in [0.15, 0.2) is 6.07 Å². The number of aliphatic hydroxyl groups is 1. The van der Waals surface area contributed by atoms with E-state index in [1.807, 2.05) is 0 Å². The highest BCUT2D eigenvalue weighted by Crippen LogP contribution is 2.28. The van der Waals surface area contributed by atoms with Crippen LogP contribution in [0.25, 0.3) is 0 Å². The summed E-state index contributed by atoms with van der Waals surface area (Å²) in [6, 6.07) is 1.54. The van der Waals surface area contributed by atoms with E-state index in [1.165, 1.54) is 6.07 Å². The first-order chi connectivity index (χ1) is 8.37. The van der Waals surface area contributed by atoms with Crippen molar-refractivity contribution >= 4 is 11.7 Å². The standard InChI is InChI=1S/C12H20N4O2/c1-12(2)6-8(17)3-4-16(7-12)11(18)9-5-10(13)15-14-9/h5,8,17H,3-4,6-7H2,1-2H3,(H3,13,14,15)/t8-/m0/s1. The monoisotopic (exact) mass is 252 g/mol. The van der Waals surface area contributed by atoms with Crippen LogP contribution in [0.4, 0.5) is 5.82 Å². The van der Waals surface area contributed by atoms with Crippen LogP contribution in [0.3, 0.4) is 0 Å². The molecule has 6 heteroatoms. The van der Waals surface area contributed by atoms with Gasteiger partial charge in [0.2, 0.25) is 0 Å². The zero-order chi connectivity index (χ0) is 13.3. The first-order valence-electron chi connectivity index (χ1n) is 6.16. The molecule has 100 valence electrons. The van der Waals surface area contributed by atoms with Crippen LogP contribution in [0.1, 0.15) is 37.2 Å². The van der Waals surface area contributed by atoms with Crippen LogP contribution in [-0.4, -0.2) is 45.3 Å². The summed E-state index contributed by atoms with van der Waals surface area (Å²) >= 11 is 0. The van der Waals surface area contributed by atoms with Crippen molar-refractivity contribution in [2.24, 2.45) is 5.41 Å². The number of aromatic nitrogens is 2. The van der Waals surface area contributed by atoms with E-state index >= 15 is 0 Å². The number of nitrogens with two attached hydrogens (primary N) is 1. The predicted molar refractivity (Wildman–Crippen MR) is 67.9 cm³/mol. The van der Waals surface area contributed by atoms with E-state index in [0.717, 1.165) is 0 Å². The molecular formula is C12H20N4O2. The van der Waals surface area contributed by atoms with Gasteiger partial charge >= 0.3 is 0 Å². The molecule has 0 aromatic carbocycles. The third kappa shape index (κ3) is 2.81. The minimum Gasteiger partial charge on any atom is -0.393 e. The summed E-state index contributed by atoms with van der Waals surface area (Å²) in [4.78, 5) is 14.0. The lowest BCUT2D eigenvalue weighted by molar-refractivity contribution is 0.0699. The van der Waals surface area contributed by atoms with Gasteiger partial charge in [-0.15, -0.1) is 0 Å². The fourth-order valence-corrected chi connectivity index (χ4v) is 2.50. The number of hydrogen-bond donors (Lipinski definition) is 3. The van der Waals surface area contributed by atoms with E-state index in [-0.39, 0.29) is 17.4 Å². The highest BCUT2D eigenvalue weighted by molar-refractivity contribution is 5.93. The van der Waals surface area contributed by atoms with Gasteiger partial charge in [-0.1, -0.05) is 13.8 Å². The Morgan fingerprint density at radius 3 is 3.00 bits per heavy atom. The third-order valence-electron chi connectivity index (χ3n) is 3.25. The van der Waals surface area contributed by atoms with Crippen molar-refractivity contribution in [2.75, 3.05) is 18.8 Å². The number of hydrogen-bond acceptors (Lipinski definition) is 4. The molecule has 1 amide bonds. The Kier molecular flexibility index (Phi) is 3.30. The van der Waals surface area contributed by atoms with Crippen molar-refractivity contribution in [1.29, 1.82) is 0 Å². The van der Waals surface area contributed by atoms with Crippen molar-refractivity contribution in [3.8, 4) is 0 Å². The molecule has 1 atom stereocenters. The lowest BCUT2D eigenvalue weighted by Crippen LogP contribution is -2.37. The van der Waals surface area contributed by atoms with E-state index in [4.69, 9.17) is 5.73 Å². The van der Waals surface area contributed by atoms with Crippen LogP contribution in [0.2, 0.25) is 0 Å². The summed E-state index contributed by atoms with van der Waals surface area (Å²) in [6.07, 6.45) is 0.977. The Bertz CT molecular complexity index is 441. The lowest BCUT2D eigenvalue weighted by Gasteiger charge is -2.29. The molecule has 0 spiro atoms. The maximum absolute atomic E-state index is 12.3. The van der Waals surface area contributed by atoms with Gasteiger partial charge in [-0.2, -0.15) is 5.10 Å². The van der Waals surface area contributed by atoms with Gasteiger partial charge in [0.15, 0.2) is 0 Å². The summed E-state index contributed by atoms with van der Waals surface area (Å²) in [5, 5.41) is 16.2. The van der Waals surface area contributed by atoms with Crippen LogP contribution in [0, 0.1) is 5.41 Å². The average molecular weight is 252 g/mol. The van der Waals surface area contributed by atoms with Gasteiger partial charge in [0.25, 0.3) is 5.91 Å². The Balaban J connectivity index is 2.15. The van der Waals surface area contributed by atoms with Gasteiger partial charge in [-0.3, -0.25) is 9.89 Å². The molecule has 18 heavy (non-hydrogen) atoms. The average Bonchev–Trinajstić information content (AvgIpc) is 2.63. The van der Waals surface area contributed by atoms with Crippen molar-refractivity contribution in [3.05, 3.63) is 11.8 Å². The minimum atomic E-state index is -0.343. The fraction of sp³-hybridized carbons (Fsp3) is 0.667. The topological polar surface area (TPSA) is 95.2 Å². The molecule has 0 radical (unpaired) electrons. The normalized spacial score (nSPS) is 23.7. The number of nitrogen functional groups attached to an aromatic ring is 1. The van der Waals surface area contributed by atoms with Crippen LogP contribution in [0.5, 0.6) is 0 Å². The summed E-state index contributed by atoms with van der Waals surface area (Å²) < 4.78 is 0. The van der Waals surface area contributed by atoms with Crippen molar-refractivity contribution in [1.82, 2.24) is 15.1 Å². The summed E-state index contributed by atoms with van der Waals surface area (Å²) in [5.41, 5.74) is 5.82. The van der Waals surface area contributed by atoms with E-state index in [2.05, 4.69) is 24.0 Å². The zero-order valence-corrected chi connectivity index (χ0v) is 10.8. The molecule has 1 saturated heterocycles. The number of aliphatic hydroxyl groups excluding tert-OH is 1. The van der Waals surface area contributed by atoms with Crippen LogP contribution >= 0.6 is 0 Å². The van der Waals surface area contributed by atoms with Crippen molar-refractivity contribution in [2.45, 2.75) is 32.8 Å². The van der Waals surface area contributed by atoms with Gasteiger partial charge < -0.3 is 15.7 Å².